The molecule has 0 N–H and O–H groups in total. The lowest BCUT2D eigenvalue weighted by Crippen LogP contribution is -2.09. The van der Waals surface area contributed by atoms with E-state index in [0.717, 1.165) is 38.3 Å². The average Bonchev–Trinajstić information content (AvgIpc) is 3.12. The number of aldehydes is 1. The van der Waals surface area contributed by atoms with Crippen LogP contribution in [-0.2, 0) is 0 Å². The molecule has 0 atom stereocenters. The van der Waals surface area contributed by atoms with Gasteiger partial charge in [-0.3, -0.25) is 4.79 Å². The van der Waals surface area contributed by atoms with Crippen molar-refractivity contribution >= 4 is 50.6 Å². The molecule has 144 valence electrons. The standard InChI is InChI=1S/C23H14BrF2NOS/c24-22-13-21(14-28)29-23(22)15-1-7-18(8-2-15)27(19-9-3-16(25)4-10-19)20-11-5-17(26)6-12-20/h1-14H. The summed E-state index contributed by atoms with van der Waals surface area (Å²) < 4.78 is 27.7. The Bertz CT molecular complexity index is 1090. The summed E-state index contributed by atoms with van der Waals surface area (Å²) in [5.74, 6) is -0.645. The summed E-state index contributed by atoms with van der Waals surface area (Å²) in [6, 6.07) is 21.9. The molecule has 0 saturated heterocycles. The SMILES string of the molecule is O=Cc1cc(Br)c(-c2ccc(N(c3ccc(F)cc3)c3ccc(F)cc3)cc2)s1. The first-order valence-corrected chi connectivity index (χ1v) is 10.3. The Morgan fingerprint density at radius 3 is 1.62 bits per heavy atom. The van der Waals surface area contributed by atoms with Gasteiger partial charge in [0.15, 0.2) is 6.29 Å². The van der Waals surface area contributed by atoms with Crippen molar-refractivity contribution in [3.05, 3.63) is 99.8 Å². The lowest BCUT2D eigenvalue weighted by molar-refractivity contribution is 0.112. The van der Waals surface area contributed by atoms with Crippen molar-refractivity contribution in [2.24, 2.45) is 0 Å². The van der Waals surface area contributed by atoms with Crippen molar-refractivity contribution in [3.63, 3.8) is 0 Å². The molecule has 4 aromatic rings. The van der Waals surface area contributed by atoms with Crippen LogP contribution in [0.2, 0.25) is 0 Å². The third-order valence-electron chi connectivity index (χ3n) is 4.38. The topological polar surface area (TPSA) is 20.3 Å². The molecule has 6 heteroatoms. The van der Waals surface area contributed by atoms with Gasteiger partial charge in [-0.2, -0.15) is 0 Å². The fourth-order valence-corrected chi connectivity index (χ4v) is 4.77. The van der Waals surface area contributed by atoms with E-state index >= 15 is 0 Å². The zero-order valence-electron chi connectivity index (χ0n) is 15.0. The second-order valence-corrected chi connectivity index (χ2v) is 8.22. The average molecular weight is 470 g/mol. The van der Waals surface area contributed by atoms with Crippen LogP contribution in [-0.4, -0.2) is 6.29 Å². The van der Waals surface area contributed by atoms with Crippen molar-refractivity contribution < 1.29 is 13.6 Å². The maximum atomic E-state index is 13.4. The normalized spacial score (nSPS) is 10.7. The van der Waals surface area contributed by atoms with Gasteiger partial charge in [-0.1, -0.05) is 12.1 Å². The Kier molecular flexibility index (Phi) is 5.56. The van der Waals surface area contributed by atoms with Gasteiger partial charge in [-0.15, -0.1) is 11.3 Å². The first-order chi connectivity index (χ1) is 14.0. The third-order valence-corrected chi connectivity index (χ3v) is 6.38. The molecule has 0 radical (unpaired) electrons. The molecule has 0 amide bonds. The highest BCUT2D eigenvalue weighted by Crippen LogP contribution is 2.39. The Hall–Kier alpha value is -2.83. The quantitative estimate of drug-likeness (QED) is 0.278. The molecule has 0 bridgehead atoms. The van der Waals surface area contributed by atoms with Gasteiger partial charge in [-0.05, 0) is 88.2 Å². The van der Waals surface area contributed by atoms with Gasteiger partial charge >= 0.3 is 0 Å². The molecule has 2 nitrogen and oxygen atoms in total. The highest BCUT2D eigenvalue weighted by molar-refractivity contribution is 9.10. The molecule has 3 aromatic carbocycles. The Labute approximate surface area is 179 Å². The molecule has 1 aromatic heterocycles. The zero-order chi connectivity index (χ0) is 20.4. The maximum Gasteiger partial charge on any atom is 0.160 e. The molecule has 0 aliphatic rings. The molecule has 1 heterocycles. The van der Waals surface area contributed by atoms with Crippen LogP contribution in [0.3, 0.4) is 0 Å². The first-order valence-electron chi connectivity index (χ1n) is 8.71. The summed E-state index contributed by atoms with van der Waals surface area (Å²) in [7, 11) is 0. The van der Waals surface area contributed by atoms with E-state index in [1.807, 2.05) is 29.2 Å². The van der Waals surface area contributed by atoms with Crippen molar-refractivity contribution in [2.75, 3.05) is 4.90 Å². The predicted molar refractivity (Wildman–Crippen MR) is 117 cm³/mol. The monoisotopic (exact) mass is 469 g/mol. The van der Waals surface area contributed by atoms with Crippen LogP contribution in [0.1, 0.15) is 9.67 Å². The highest BCUT2D eigenvalue weighted by atomic mass is 79.9. The molecule has 0 aliphatic carbocycles. The van der Waals surface area contributed by atoms with E-state index < -0.39 is 0 Å². The van der Waals surface area contributed by atoms with E-state index in [1.165, 1.54) is 35.6 Å². The number of rotatable bonds is 5. The van der Waals surface area contributed by atoms with Gasteiger partial charge in [-0.25, -0.2) is 8.78 Å². The highest BCUT2D eigenvalue weighted by Gasteiger charge is 2.14. The molecule has 0 saturated carbocycles. The Morgan fingerprint density at radius 1 is 0.759 bits per heavy atom. The van der Waals surface area contributed by atoms with Crippen LogP contribution in [0.4, 0.5) is 25.8 Å². The van der Waals surface area contributed by atoms with Gasteiger partial charge in [0, 0.05) is 26.4 Å². The van der Waals surface area contributed by atoms with E-state index in [9.17, 15) is 13.6 Å². The number of thiophene rings is 1. The smallest absolute Gasteiger partial charge is 0.160 e. The van der Waals surface area contributed by atoms with Crippen molar-refractivity contribution in [2.45, 2.75) is 0 Å². The summed E-state index contributed by atoms with van der Waals surface area (Å²) in [5.41, 5.74) is 3.32. The molecule has 0 fully saturated rings. The molecule has 4 rings (SSSR count). The van der Waals surface area contributed by atoms with Gasteiger partial charge in [0.2, 0.25) is 0 Å². The fourth-order valence-electron chi connectivity index (χ4n) is 3.03. The number of nitrogens with zero attached hydrogens (tertiary/aromatic N) is 1. The molecular formula is C23H14BrF2NOS. The van der Waals surface area contributed by atoms with Crippen molar-refractivity contribution in [3.8, 4) is 10.4 Å². The second-order valence-electron chi connectivity index (χ2n) is 6.28. The summed E-state index contributed by atoms with van der Waals surface area (Å²) in [6.07, 6.45) is 0.831. The van der Waals surface area contributed by atoms with Gasteiger partial charge in [0.25, 0.3) is 0 Å². The minimum absolute atomic E-state index is 0.323. The van der Waals surface area contributed by atoms with Crippen LogP contribution in [0.5, 0.6) is 0 Å². The Morgan fingerprint density at radius 2 is 1.21 bits per heavy atom. The summed E-state index contributed by atoms with van der Waals surface area (Å²) >= 11 is 4.91. The number of hydrogen-bond donors (Lipinski definition) is 0. The van der Waals surface area contributed by atoms with Crippen LogP contribution < -0.4 is 4.90 Å². The van der Waals surface area contributed by atoms with E-state index in [4.69, 9.17) is 0 Å². The molecule has 29 heavy (non-hydrogen) atoms. The summed E-state index contributed by atoms with van der Waals surface area (Å²) in [6.45, 7) is 0. The van der Waals surface area contributed by atoms with E-state index in [0.29, 0.717) is 4.88 Å². The summed E-state index contributed by atoms with van der Waals surface area (Å²) in [4.78, 5) is 14.6. The number of benzene rings is 3. The van der Waals surface area contributed by atoms with E-state index in [2.05, 4.69) is 15.9 Å². The number of hydrogen-bond acceptors (Lipinski definition) is 3. The van der Waals surface area contributed by atoms with E-state index in [-0.39, 0.29) is 11.6 Å². The van der Waals surface area contributed by atoms with E-state index in [1.54, 1.807) is 30.3 Å². The number of carbonyl (C=O) groups is 1. The first kappa shape index (κ1) is 19.5. The largest absolute Gasteiger partial charge is 0.310 e. The van der Waals surface area contributed by atoms with Crippen LogP contribution in [0, 0.1) is 11.6 Å². The molecule has 0 spiro atoms. The molecule has 0 aliphatic heterocycles. The summed E-state index contributed by atoms with van der Waals surface area (Å²) in [5, 5.41) is 0. The number of carbonyl (C=O) groups excluding carboxylic acids is 1. The van der Waals surface area contributed by atoms with Crippen LogP contribution in [0.25, 0.3) is 10.4 Å². The molecule has 0 unspecified atom stereocenters. The van der Waals surface area contributed by atoms with Crippen LogP contribution >= 0.6 is 27.3 Å². The zero-order valence-corrected chi connectivity index (χ0v) is 17.4. The van der Waals surface area contributed by atoms with Gasteiger partial charge in [0.1, 0.15) is 11.6 Å². The van der Waals surface area contributed by atoms with Crippen molar-refractivity contribution in [1.82, 2.24) is 0 Å². The lowest BCUT2D eigenvalue weighted by Gasteiger charge is -2.25. The van der Waals surface area contributed by atoms with Crippen molar-refractivity contribution in [1.29, 1.82) is 0 Å². The fraction of sp³-hybridized carbons (Fsp3) is 0. The minimum Gasteiger partial charge on any atom is -0.310 e. The van der Waals surface area contributed by atoms with Gasteiger partial charge in [0.05, 0.1) is 4.88 Å². The minimum atomic E-state index is -0.323. The lowest BCUT2D eigenvalue weighted by atomic mass is 10.1. The second kappa shape index (κ2) is 8.27. The van der Waals surface area contributed by atoms with Crippen LogP contribution in [0.15, 0.2) is 83.3 Å². The number of anilines is 3. The third kappa shape index (κ3) is 4.13. The maximum absolute atomic E-state index is 13.4. The Balaban J connectivity index is 1.76. The molecular weight excluding hydrogens is 456 g/mol. The number of halogens is 3. The van der Waals surface area contributed by atoms with Gasteiger partial charge < -0.3 is 4.90 Å². The predicted octanol–water partition coefficient (Wildman–Crippen LogP) is 7.74.